The lowest BCUT2D eigenvalue weighted by Crippen LogP contribution is -2.37. The second kappa shape index (κ2) is 4.79. The van der Waals surface area contributed by atoms with Crippen molar-refractivity contribution in [3.8, 4) is 0 Å². The molecule has 2 heteroatoms. The van der Waals surface area contributed by atoms with Crippen LogP contribution in [0.2, 0.25) is 0 Å². The van der Waals surface area contributed by atoms with E-state index in [0.717, 1.165) is 6.54 Å². The van der Waals surface area contributed by atoms with Crippen LogP contribution in [0.4, 0.5) is 0 Å². The van der Waals surface area contributed by atoms with Crippen molar-refractivity contribution in [3.63, 3.8) is 0 Å². The van der Waals surface area contributed by atoms with Gasteiger partial charge in [-0.15, -0.1) is 11.3 Å². The molecule has 0 saturated carbocycles. The molecule has 2 aromatic rings. The van der Waals surface area contributed by atoms with Crippen molar-refractivity contribution < 1.29 is 0 Å². The number of hydrogen-bond donors (Lipinski definition) is 1. The molecule has 0 bridgehead atoms. The first-order valence-electron chi connectivity index (χ1n) is 6.21. The highest BCUT2D eigenvalue weighted by molar-refractivity contribution is 7.19. The van der Waals surface area contributed by atoms with Crippen LogP contribution in [0.25, 0.3) is 10.1 Å². The number of rotatable bonds is 4. The van der Waals surface area contributed by atoms with Gasteiger partial charge in [0.05, 0.1) is 0 Å². The highest BCUT2D eigenvalue weighted by Crippen LogP contribution is 2.38. The molecule has 1 atom stereocenters. The van der Waals surface area contributed by atoms with Gasteiger partial charge in [0.1, 0.15) is 0 Å². The summed E-state index contributed by atoms with van der Waals surface area (Å²) in [7, 11) is 2.04. The van der Waals surface area contributed by atoms with Gasteiger partial charge < -0.3 is 5.32 Å². The van der Waals surface area contributed by atoms with Crippen molar-refractivity contribution in [1.29, 1.82) is 0 Å². The van der Waals surface area contributed by atoms with E-state index in [1.54, 1.807) is 0 Å². The number of likely N-dealkylation sites (N-methyl/N-ethyl adjacent to an activating group) is 1. The number of hydrogen-bond acceptors (Lipinski definition) is 2. The summed E-state index contributed by atoms with van der Waals surface area (Å²) in [4.78, 5) is 1.49. The third-order valence-corrected chi connectivity index (χ3v) is 5.20. The summed E-state index contributed by atoms with van der Waals surface area (Å²) in [5, 5.41) is 4.71. The lowest BCUT2D eigenvalue weighted by Gasteiger charge is -2.32. The standard InChI is InChI=1S/C15H21NS/c1-11(2)15(3,10-16-4)14-9-12-7-5-6-8-13(12)17-14/h5-9,11,16H,10H2,1-4H3/t15-/m1/s1. The van der Waals surface area contributed by atoms with Crippen LogP contribution in [0, 0.1) is 5.92 Å². The molecule has 0 fully saturated rings. The average molecular weight is 247 g/mol. The lowest BCUT2D eigenvalue weighted by atomic mass is 9.77. The van der Waals surface area contributed by atoms with Crippen LogP contribution in [-0.4, -0.2) is 13.6 Å². The van der Waals surface area contributed by atoms with Gasteiger partial charge in [0.25, 0.3) is 0 Å². The molecule has 1 aromatic carbocycles. The minimum Gasteiger partial charge on any atom is -0.319 e. The predicted octanol–water partition coefficient (Wildman–Crippen LogP) is 4.03. The van der Waals surface area contributed by atoms with Crippen molar-refractivity contribution in [2.45, 2.75) is 26.2 Å². The van der Waals surface area contributed by atoms with Crippen molar-refractivity contribution >= 4 is 21.4 Å². The fraction of sp³-hybridized carbons (Fsp3) is 0.467. The molecule has 0 saturated heterocycles. The Morgan fingerprint density at radius 3 is 2.59 bits per heavy atom. The van der Waals surface area contributed by atoms with E-state index in [0.29, 0.717) is 5.92 Å². The van der Waals surface area contributed by atoms with E-state index >= 15 is 0 Å². The second-order valence-corrected chi connectivity index (χ2v) is 6.33. The van der Waals surface area contributed by atoms with Crippen molar-refractivity contribution in [1.82, 2.24) is 5.32 Å². The zero-order valence-electron chi connectivity index (χ0n) is 11.1. The SMILES string of the molecule is CNC[C@@](C)(c1cc2ccccc2s1)C(C)C. The first-order chi connectivity index (χ1) is 8.08. The first kappa shape index (κ1) is 12.6. The fourth-order valence-electron chi connectivity index (χ4n) is 2.21. The molecular formula is C15H21NS. The molecule has 0 amide bonds. The molecule has 92 valence electrons. The Morgan fingerprint density at radius 2 is 2.00 bits per heavy atom. The highest BCUT2D eigenvalue weighted by Gasteiger charge is 2.31. The quantitative estimate of drug-likeness (QED) is 0.860. The third kappa shape index (κ3) is 2.24. The van der Waals surface area contributed by atoms with E-state index in [-0.39, 0.29) is 5.41 Å². The topological polar surface area (TPSA) is 12.0 Å². The molecule has 1 nitrogen and oxygen atoms in total. The van der Waals surface area contributed by atoms with Gasteiger partial charge >= 0.3 is 0 Å². The van der Waals surface area contributed by atoms with Crippen LogP contribution in [0.1, 0.15) is 25.6 Å². The molecule has 0 radical (unpaired) electrons. The van der Waals surface area contributed by atoms with Crippen molar-refractivity contribution in [2.24, 2.45) is 5.92 Å². The monoisotopic (exact) mass is 247 g/mol. The summed E-state index contributed by atoms with van der Waals surface area (Å²) in [6, 6.07) is 11.0. The molecule has 0 aliphatic rings. The Kier molecular flexibility index (Phi) is 3.55. The van der Waals surface area contributed by atoms with Gasteiger partial charge in [0.15, 0.2) is 0 Å². The van der Waals surface area contributed by atoms with Crippen molar-refractivity contribution in [3.05, 3.63) is 35.2 Å². The van der Waals surface area contributed by atoms with E-state index in [1.807, 2.05) is 18.4 Å². The van der Waals surface area contributed by atoms with Crippen LogP contribution in [0.5, 0.6) is 0 Å². The smallest absolute Gasteiger partial charge is 0.0345 e. The molecule has 0 spiro atoms. The maximum atomic E-state index is 3.34. The summed E-state index contributed by atoms with van der Waals surface area (Å²) in [6.45, 7) is 8.00. The van der Waals surface area contributed by atoms with Crippen LogP contribution in [0.15, 0.2) is 30.3 Å². The molecule has 0 aliphatic carbocycles. The largest absolute Gasteiger partial charge is 0.319 e. The van der Waals surface area contributed by atoms with E-state index in [4.69, 9.17) is 0 Å². The summed E-state index contributed by atoms with van der Waals surface area (Å²) in [5.74, 6) is 0.628. The van der Waals surface area contributed by atoms with Crippen LogP contribution in [0.3, 0.4) is 0 Å². The molecular weight excluding hydrogens is 226 g/mol. The maximum absolute atomic E-state index is 3.34. The Hall–Kier alpha value is -0.860. The summed E-state index contributed by atoms with van der Waals surface area (Å²) >= 11 is 1.93. The Balaban J connectivity index is 2.49. The van der Waals surface area contributed by atoms with E-state index in [1.165, 1.54) is 15.0 Å². The Morgan fingerprint density at radius 1 is 1.29 bits per heavy atom. The van der Waals surface area contributed by atoms with Gasteiger partial charge in [-0.3, -0.25) is 0 Å². The zero-order valence-corrected chi connectivity index (χ0v) is 11.9. The lowest BCUT2D eigenvalue weighted by molar-refractivity contribution is 0.334. The molecule has 1 N–H and O–H groups in total. The van der Waals surface area contributed by atoms with Crippen molar-refractivity contribution in [2.75, 3.05) is 13.6 Å². The van der Waals surface area contributed by atoms with Crippen LogP contribution < -0.4 is 5.32 Å². The molecule has 0 unspecified atom stereocenters. The number of fused-ring (bicyclic) bond motifs is 1. The molecule has 2 rings (SSSR count). The van der Waals surface area contributed by atoms with Gasteiger partial charge in [0, 0.05) is 21.5 Å². The summed E-state index contributed by atoms with van der Waals surface area (Å²) in [6.07, 6.45) is 0. The molecule has 17 heavy (non-hydrogen) atoms. The third-order valence-electron chi connectivity index (χ3n) is 3.81. The summed E-state index contributed by atoms with van der Waals surface area (Å²) in [5.41, 5.74) is 0.221. The second-order valence-electron chi connectivity index (χ2n) is 5.25. The van der Waals surface area contributed by atoms with Gasteiger partial charge in [-0.05, 0) is 30.5 Å². The van der Waals surface area contributed by atoms with E-state index < -0.39 is 0 Å². The van der Waals surface area contributed by atoms with Gasteiger partial charge in [-0.2, -0.15) is 0 Å². The van der Waals surface area contributed by atoms with Gasteiger partial charge in [0.2, 0.25) is 0 Å². The van der Waals surface area contributed by atoms with Crippen LogP contribution >= 0.6 is 11.3 Å². The number of thiophene rings is 1. The molecule has 1 aromatic heterocycles. The van der Waals surface area contributed by atoms with E-state index in [9.17, 15) is 0 Å². The zero-order chi connectivity index (χ0) is 12.5. The first-order valence-corrected chi connectivity index (χ1v) is 7.03. The fourth-order valence-corrected chi connectivity index (χ4v) is 3.56. The average Bonchev–Trinajstić information content (AvgIpc) is 2.72. The van der Waals surface area contributed by atoms with Crippen LogP contribution in [-0.2, 0) is 5.41 Å². The molecule has 1 heterocycles. The molecule has 0 aliphatic heterocycles. The Bertz CT molecular complexity index is 467. The summed E-state index contributed by atoms with van der Waals surface area (Å²) < 4.78 is 1.39. The minimum atomic E-state index is 0.221. The normalized spacial score (nSPS) is 15.4. The Labute approximate surface area is 108 Å². The number of benzene rings is 1. The predicted molar refractivity (Wildman–Crippen MR) is 77.9 cm³/mol. The maximum Gasteiger partial charge on any atom is 0.0345 e. The number of nitrogens with one attached hydrogen (secondary N) is 1. The van der Waals surface area contributed by atoms with Gasteiger partial charge in [-0.1, -0.05) is 39.0 Å². The highest BCUT2D eigenvalue weighted by atomic mass is 32.1. The van der Waals surface area contributed by atoms with Gasteiger partial charge in [-0.25, -0.2) is 0 Å². The van der Waals surface area contributed by atoms with E-state index in [2.05, 4.69) is 56.4 Å². The minimum absolute atomic E-state index is 0.221.